The molecule has 0 N–H and O–H groups in total. The molecule has 0 bridgehead atoms. The van der Waals surface area contributed by atoms with E-state index in [0.717, 1.165) is 10.6 Å². The topological polar surface area (TPSA) is 53.8 Å². The van der Waals surface area contributed by atoms with E-state index in [1.54, 1.807) is 34.4 Å². The van der Waals surface area contributed by atoms with Crippen molar-refractivity contribution in [2.45, 2.75) is 25.8 Å². The van der Waals surface area contributed by atoms with Gasteiger partial charge in [0.1, 0.15) is 10.1 Å². The Kier molecular flexibility index (Phi) is 6.51. The van der Waals surface area contributed by atoms with Crippen molar-refractivity contribution in [3.05, 3.63) is 51.5 Å². The maximum atomic E-state index is 12.6. The Balaban J connectivity index is 1.52. The van der Waals surface area contributed by atoms with Gasteiger partial charge >= 0.3 is 0 Å². The number of carbonyl (C=O) groups is 2. The lowest BCUT2D eigenvalue weighted by Crippen LogP contribution is -2.32. The summed E-state index contributed by atoms with van der Waals surface area (Å²) in [5.74, 6) is 0.683. The van der Waals surface area contributed by atoms with E-state index in [0.29, 0.717) is 28.6 Å². The van der Waals surface area contributed by atoms with E-state index in [1.165, 1.54) is 11.8 Å². The van der Waals surface area contributed by atoms with Crippen molar-refractivity contribution < 1.29 is 14.0 Å². The van der Waals surface area contributed by atoms with E-state index in [4.69, 9.17) is 16.6 Å². The van der Waals surface area contributed by atoms with E-state index in [-0.39, 0.29) is 17.9 Å². The predicted molar refractivity (Wildman–Crippen MR) is 113 cm³/mol. The number of thiocarbonyl (C=S) groups is 1. The third kappa shape index (κ3) is 4.69. The van der Waals surface area contributed by atoms with Crippen LogP contribution >= 0.6 is 35.3 Å². The van der Waals surface area contributed by atoms with Crippen molar-refractivity contribution in [2.75, 3.05) is 13.6 Å². The minimum atomic E-state index is -0.127. The predicted octanol–water partition coefficient (Wildman–Crippen LogP) is 4.54. The Morgan fingerprint density at radius 1 is 1.41 bits per heavy atom. The fourth-order valence-electron chi connectivity index (χ4n) is 2.70. The van der Waals surface area contributed by atoms with Gasteiger partial charge in [-0.15, -0.1) is 11.3 Å². The van der Waals surface area contributed by atoms with Gasteiger partial charge in [-0.05, 0) is 43.0 Å². The molecule has 5 nitrogen and oxygen atoms in total. The first kappa shape index (κ1) is 19.9. The van der Waals surface area contributed by atoms with Crippen LogP contribution in [0.4, 0.5) is 0 Å². The largest absolute Gasteiger partial charge is 0.467 e. The lowest BCUT2D eigenvalue weighted by atomic mass is 10.2. The van der Waals surface area contributed by atoms with Crippen LogP contribution in [0.3, 0.4) is 0 Å². The second-order valence-electron chi connectivity index (χ2n) is 6.15. The Morgan fingerprint density at radius 3 is 2.89 bits per heavy atom. The number of amides is 2. The zero-order valence-electron chi connectivity index (χ0n) is 15.1. The molecule has 2 amide bonds. The second kappa shape index (κ2) is 8.86. The van der Waals surface area contributed by atoms with Crippen LogP contribution in [0.1, 0.15) is 36.4 Å². The molecule has 8 heteroatoms. The Hall–Kier alpha value is -1.90. The number of furan rings is 1. The Labute approximate surface area is 172 Å². The molecule has 1 aliphatic heterocycles. The maximum Gasteiger partial charge on any atom is 0.266 e. The van der Waals surface area contributed by atoms with Crippen LogP contribution in [-0.2, 0) is 9.59 Å². The van der Waals surface area contributed by atoms with E-state index in [1.807, 2.05) is 42.6 Å². The molecule has 1 atom stereocenters. The number of nitrogens with zero attached hydrogens (tertiary/aromatic N) is 2. The molecule has 2 aromatic rings. The molecule has 1 saturated heterocycles. The summed E-state index contributed by atoms with van der Waals surface area (Å²) in [6, 6.07) is 7.45. The van der Waals surface area contributed by atoms with Gasteiger partial charge in [0.05, 0.1) is 17.2 Å². The molecule has 3 rings (SSSR count). The van der Waals surface area contributed by atoms with Gasteiger partial charge in [0.2, 0.25) is 5.91 Å². The highest BCUT2D eigenvalue weighted by Gasteiger charge is 2.32. The summed E-state index contributed by atoms with van der Waals surface area (Å²) in [5, 5.41) is 1.97. The molecular formula is C19H20N2O3S3. The monoisotopic (exact) mass is 420 g/mol. The van der Waals surface area contributed by atoms with E-state index < -0.39 is 0 Å². The van der Waals surface area contributed by atoms with Gasteiger partial charge in [0.25, 0.3) is 5.91 Å². The van der Waals surface area contributed by atoms with E-state index >= 15 is 0 Å². The first-order valence-electron chi connectivity index (χ1n) is 8.55. The van der Waals surface area contributed by atoms with Gasteiger partial charge in [-0.25, -0.2) is 0 Å². The molecule has 2 aromatic heterocycles. The molecule has 1 aliphatic rings. The number of carbonyl (C=O) groups excluding carboxylic acids is 2. The normalized spacial score (nSPS) is 17.0. The van der Waals surface area contributed by atoms with Crippen molar-refractivity contribution in [2.24, 2.45) is 0 Å². The van der Waals surface area contributed by atoms with Crippen molar-refractivity contribution in [1.82, 2.24) is 9.80 Å². The van der Waals surface area contributed by atoms with Crippen molar-refractivity contribution in [3.8, 4) is 0 Å². The minimum Gasteiger partial charge on any atom is -0.467 e. The molecular weight excluding hydrogens is 400 g/mol. The standard InChI is InChI=1S/C19H20N2O3S3/c1-13(15-7-4-10-24-15)20(2)17(22)8-3-9-21-18(23)16(27-19(21)25)12-14-6-5-11-26-14/h4-7,10-13H,3,8-9H2,1-2H3/b16-12-. The van der Waals surface area contributed by atoms with Crippen molar-refractivity contribution in [1.29, 1.82) is 0 Å². The molecule has 27 heavy (non-hydrogen) atoms. The second-order valence-corrected chi connectivity index (χ2v) is 8.80. The summed E-state index contributed by atoms with van der Waals surface area (Å²) >= 11 is 8.23. The van der Waals surface area contributed by atoms with E-state index in [2.05, 4.69) is 0 Å². The molecule has 1 fully saturated rings. The fraction of sp³-hybridized carbons (Fsp3) is 0.316. The average Bonchev–Trinajstić information content (AvgIpc) is 3.39. The molecule has 0 spiro atoms. The molecule has 0 saturated carbocycles. The van der Waals surface area contributed by atoms with Gasteiger partial charge in [-0.3, -0.25) is 14.5 Å². The summed E-state index contributed by atoms with van der Waals surface area (Å²) in [5.41, 5.74) is 0. The SMILES string of the molecule is CC(c1ccco1)N(C)C(=O)CCCN1C(=O)/C(=C/c2cccs2)SC1=S. The third-order valence-electron chi connectivity index (χ3n) is 4.39. The lowest BCUT2D eigenvalue weighted by molar-refractivity contribution is -0.132. The molecule has 3 heterocycles. The van der Waals surface area contributed by atoms with Gasteiger partial charge in [-0.1, -0.05) is 30.0 Å². The zero-order valence-corrected chi connectivity index (χ0v) is 17.5. The first-order chi connectivity index (χ1) is 13.0. The van der Waals surface area contributed by atoms with Gasteiger partial charge in [-0.2, -0.15) is 0 Å². The van der Waals surface area contributed by atoms with Crippen LogP contribution in [0.25, 0.3) is 6.08 Å². The number of thiophene rings is 1. The highest BCUT2D eigenvalue weighted by molar-refractivity contribution is 8.26. The molecule has 0 radical (unpaired) electrons. The van der Waals surface area contributed by atoms with Crippen LogP contribution in [0.2, 0.25) is 0 Å². The minimum absolute atomic E-state index is 0.0125. The summed E-state index contributed by atoms with van der Waals surface area (Å²) in [6.07, 6.45) is 4.38. The lowest BCUT2D eigenvalue weighted by Gasteiger charge is -2.23. The first-order valence-corrected chi connectivity index (χ1v) is 10.7. The number of hydrogen-bond donors (Lipinski definition) is 0. The molecule has 0 aliphatic carbocycles. The van der Waals surface area contributed by atoms with Crippen LogP contribution in [0, 0.1) is 0 Å². The summed E-state index contributed by atoms with van der Waals surface area (Å²) in [6.45, 7) is 2.37. The summed E-state index contributed by atoms with van der Waals surface area (Å²) in [7, 11) is 1.76. The summed E-state index contributed by atoms with van der Waals surface area (Å²) in [4.78, 5) is 29.9. The van der Waals surface area contributed by atoms with Crippen LogP contribution in [-0.4, -0.2) is 39.5 Å². The van der Waals surface area contributed by atoms with Crippen molar-refractivity contribution in [3.63, 3.8) is 0 Å². The molecule has 0 aromatic carbocycles. The smallest absolute Gasteiger partial charge is 0.266 e. The third-order valence-corrected chi connectivity index (χ3v) is 6.59. The Bertz CT molecular complexity index is 844. The maximum absolute atomic E-state index is 12.6. The van der Waals surface area contributed by atoms with Gasteiger partial charge in [0.15, 0.2) is 0 Å². The highest BCUT2D eigenvalue weighted by Crippen LogP contribution is 2.33. The molecule has 142 valence electrons. The number of thioether (sulfide) groups is 1. The zero-order chi connectivity index (χ0) is 19.4. The fourth-order valence-corrected chi connectivity index (χ4v) is 4.73. The van der Waals surface area contributed by atoms with Crippen LogP contribution in [0.15, 0.2) is 45.2 Å². The Morgan fingerprint density at radius 2 is 2.22 bits per heavy atom. The van der Waals surface area contributed by atoms with Crippen LogP contribution in [0.5, 0.6) is 0 Å². The summed E-state index contributed by atoms with van der Waals surface area (Å²) < 4.78 is 5.91. The van der Waals surface area contributed by atoms with E-state index in [9.17, 15) is 9.59 Å². The van der Waals surface area contributed by atoms with Gasteiger partial charge < -0.3 is 9.32 Å². The average molecular weight is 421 g/mol. The highest BCUT2D eigenvalue weighted by atomic mass is 32.2. The molecule has 1 unspecified atom stereocenters. The number of rotatable bonds is 7. The van der Waals surface area contributed by atoms with Crippen LogP contribution < -0.4 is 0 Å². The van der Waals surface area contributed by atoms with Gasteiger partial charge in [0, 0.05) is 24.9 Å². The quantitative estimate of drug-likeness (QED) is 0.486. The number of hydrogen-bond acceptors (Lipinski definition) is 6. The van der Waals surface area contributed by atoms with Crippen molar-refractivity contribution >= 4 is 57.5 Å².